The van der Waals surface area contributed by atoms with Gasteiger partial charge in [-0.3, -0.25) is 4.98 Å². The number of nitrogens with zero attached hydrogens (tertiary/aromatic N) is 4. The molecule has 150 valence electrons. The van der Waals surface area contributed by atoms with Gasteiger partial charge in [-0.2, -0.15) is 0 Å². The van der Waals surface area contributed by atoms with Crippen molar-refractivity contribution in [3.05, 3.63) is 42.7 Å². The summed E-state index contributed by atoms with van der Waals surface area (Å²) < 4.78 is 0. The highest BCUT2D eigenvalue weighted by molar-refractivity contribution is 5.88. The van der Waals surface area contributed by atoms with Crippen molar-refractivity contribution in [3.8, 4) is 11.3 Å². The minimum absolute atomic E-state index is 0.626. The first-order chi connectivity index (χ1) is 14.4. The average Bonchev–Trinajstić information content (AvgIpc) is 3.33. The van der Waals surface area contributed by atoms with E-state index in [0.29, 0.717) is 5.92 Å². The van der Waals surface area contributed by atoms with Gasteiger partial charge in [-0.25, -0.2) is 9.97 Å². The van der Waals surface area contributed by atoms with Gasteiger partial charge in [-0.1, -0.05) is 12.1 Å². The minimum Gasteiger partial charge on any atom is -0.372 e. The molecule has 2 aliphatic rings. The van der Waals surface area contributed by atoms with Gasteiger partial charge in [0.25, 0.3) is 0 Å². The Morgan fingerprint density at radius 2 is 1.86 bits per heavy atom. The van der Waals surface area contributed by atoms with E-state index in [9.17, 15) is 0 Å². The largest absolute Gasteiger partial charge is 0.372 e. The molecule has 1 atom stereocenters. The number of anilines is 2. The maximum Gasteiger partial charge on any atom is 0.154 e. The Morgan fingerprint density at radius 1 is 1.03 bits per heavy atom. The lowest BCUT2D eigenvalue weighted by Gasteiger charge is -2.23. The number of rotatable bonds is 5. The number of benzene rings is 1. The fourth-order valence-corrected chi connectivity index (χ4v) is 4.40. The maximum absolute atomic E-state index is 4.94. The first-order valence-electron chi connectivity index (χ1n) is 10.8. The van der Waals surface area contributed by atoms with E-state index in [1.54, 1.807) is 12.4 Å². The van der Waals surface area contributed by atoms with Crippen LogP contribution in [0.25, 0.3) is 22.3 Å². The Kier molecular flexibility index (Phi) is 5.26. The summed E-state index contributed by atoms with van der Waals surface area (Å²) in [5.74, 6) is 1.46. The first kappa shape index (κ1) is 18.3. The van der Waals surface area contributed by atoms with E-state index in [4.69, 9.17) is 4.98 Å². The fourth-order valence-electron chi connectivity index (χ4n) is 4.40. The standard InChI is InChI=1S/C23H28N6/c1-2-13-29(12-1)19-7-5-18(6-8-19)20-14-21-22(26-11-10-25-21)23(28-20)27-16-17-4-3-9-24-15-17/h5-8,10-11,14,17,24H,1-4,9,12-13,15-16H2,(H,27,28)/t17-/m0/s1. The van der Waals surface area contributed by atoms with Crippen molar-refractivity contribution >= 4 is 22.5 Å². The molecule has 2 fully saturated rings. The predicted octanol–water partition coefficient (Wildman–Crippen LogP) is 3.70. The van der Waals surface area contributed by atoms with Gasteiger partial charge in [0.05, 0.1) is 11.2 Å². The van der Waals surface area contributed by atoms with Gasteiger partial charge < -0.3 is 15.5 Å². The molecule has 2 aromatic heterocycles. The average molecular weight is 389 g/mol. The molecule has 0 aliphatic carbocycles. The molecule has 2 aliphatic heterocycles. The van der Waals surface area contributed by atoms with Crippen LogP contribution >= 0.6 is 0 Å². The quantitative estimate of drug-likeness (QED) is 0.695. The maximum atomic E-state index is 4.94. The zero-order chi connectivity index (χ0) is 19.5. The Bertz CT molecular complexity index is 959. The van der Waals surface area contributed by atoms with E-state index in [-0.39, 0.29) is 0 Å². The third kappa shape index (κ3) is 4.03. The van der Waals surface area contributed by atoms with E-state index in [1.165, 1.54) is 31.4 Å². The summed E-state index contributed by atoms with van der Waals surface area (Å²) in [6.45, 7) is 5.42. The molecular formula is C23H28N6. The van der Waals surface area contributed by atoms with Crippen LogP contribution in [-0.2, 0) is 0 Å². The van der Waals surface area contributed by atoms with Crippen molar-refractivity contribution in [2.45, 2.75) is 25.7 Å². The van der Waals surface area contributed by atoms with Gasteiger partial charge in [-0.05, 0) is 62.9 Å². The molecule has 1 aromatic carbocycles. The van der Waals surface area contributed by atoms with E-state index >= 15 is 0 Å². The second-order valence-corrected chi connectivity index (χ2v) is 8.11. The molecule has 6 nitrogen and oxygen atoms in total. The molecule has 0 bridgehead atoms. The molecule has 4 heterocycles. The fraction of sp³-hybridized carbons (Fsp3) is 0.435. The lowest BCUT2D eigenvalue weighted by atomic mass is 10.00. The van der Waals surface area contributed by atoms with Crippen molar-refractivity contribution in [2.75, 3.05) is 42.9 Å². The van der Waals surface area contributed by atoms with Gasteiger partial charge in [0.2, 0.25) is 0 Å². The molecule has 2 saturated heterocycles. The van der Waals surface area contributed by atoms with Crippen molar-refractivity contribution in [2.24, 2.45) is 5.92 Å². The molecule has 0 amide bonds. The topological polar surface area (TPSA) is 66.0 Å². The molecule has 6 heteroatoms. The Hall–Kier alpha value is -2.73. The third-order valence-corrected chi connectivity index (χ3v) is 6.05. The summed E-state index contributed by atoms with van der Waals surface area (Å²) >= 11 is 0. The second-order valence-electron chi connectivity index (χ2n) is 8.11. The third-order valence-electron chi connectivity index (χ3n) is 6.05. The number of nitrogens with one attached hydrogen (secondary N) is 2. The van der Waals surface area contributed by atoms with Crippen LogP contribution in [0.15, 0.2) is 42.7 Å². The van der Waals surface area contributed by atoms with Crippen LogP contribution in [0.2, 0.25) is 0 Å². The number of fused-ring (bicyclic) bond motifs is 1. The summed E-state index contributed by atoms with van der Waals surface area (Å²) in [6, 6.07) is 10.8. The number of hydrogen-bond acceptors (Lipinski definition) is 6. The van der Waals surface area contributed by atoms with Crippen molar-refractivity contribution < 1.29 is 0 Å². The predicted molar refractivity (Wildman–Crippen MR) is 118 cm³/mol. The van der Waals surface area contributed by atoms with Crippen LogP contribution in [0, 0.1) is 5.92 Å². The summed E-state index contributed by atoms with van der Waals surface area (Å²) in [6.07, 6.45) is 8.56. The smallest absolute Gasteiger partial charge is 0.154 e. The SMILES string of the molecule is c1cnc2c(NC[C@H]3CCCNC3)nc(-c3ccc(N4CCCC4)cc3)cc2n1. The van der Waals surface area contributed by atoms with Crippen LogP contribution in [0.3, 0.4) is 0 Å². The highest BCUT2D eigenvalue weighted by Gasteiger charge is 2.16. The van der Waals surface area contributed by atoms with Gasteiger partial charge in [-0.15, -0.1) is 0 Å². The Labute approximate surface area is 171 Å². The van der Waals surface area contributed by atoms with Crippen LogP contribution in [0.1, 0.15) is 25.7 Å². The second kappa shape index (κ2) is 8.33. The van der Waals surface area contributed by atoms with Crippen LogP contribution < -0.4 is 15.5 Å². The van der Waals surface area contributed by atoms with Crippen molar-refractivity contribution in [3.63, 3.8) is 0 Å². The monoisotopic (exact) mass is 388 g/mol. The number of piperidine rings is 1. The molecular weight excluding hydrogens is 360 g/mol. The van der Waals surface area contributed by atoms with E-state index in [2.05, 4.69) is 49.8 Å². The Balaban J connectivity index is 1.42. The number of aromatic nitrogens is 3. The normalized spacial score (nSPS) is 19.6. The molecule has 0 unspecified atom stereocenters. The van der Waals surface area contributed by atoms with E-state index < -0.39 is 0 Å². The van der Waals surface area contributed by atoms with Gasteiger partial charge >= 0.3 is 0 Å². The molecule has 3 aromatic rings. The molecule has 0 saturated carbocycles. The van der Waals surface area contributed by atoms with E-state index in [1.807, 2.05) is 6.07 Å². The lowest BCUT2D eigenvalue weighted by molar-refractivity contribution is 0.392. The van der Waals surface area contributed by atoms with Crippen LogP contribution in [0.4, 0.5) is 11.5 Å². The molecule has 5 rings (SSSR count). The minimum atomic E-state index is 0.626. The first-order valence-corrected chi connectivity index (χ1v) is 10.8. The zero-order valence-electron chi connectivity index (χ0n) is 16.8. The summed E-state index contributed by atoms with van der Waals surface area (Å²) in [7, 11) is 0. The summed E-state index contributed by atoms with van der Waals surface area (Å²) in [5, 5.41) is 7.04. The van der Waals surface area contributed by atoms with Gasteiger partial charge in [0, 0.05) is 43.3 Å². The summed E-state index contributed by atoms with van der Waals surface area (Å²) in [5.41, 5.74) is 5.08. The molecule has 0 radical (unpaired) electrons. The number of pyridine rings is 1. The zero-order valence-corrected chi connectivity index (χ0v) is 16.8. The van der Waals surface area contributed by atoms with Gasteiger partial charge in [0.1, 0.15) is 5.52 Å². The lowest BCUT2D eigenvalue weighted by Crippen LogP contribution is -2.33. The van der Waals surface area contributed by atoms with Crippen LogP contribution in [0.5, 0.6) is 0 Å². The van der Waals surface area contributed by atoms with E-state index in [0.717, 1.165) is 60.8 Å². The molecule has 2 N–H and O–H groups in total. The Morgan fingerprint density at radius 3 is 2.66 bits per heavy atom. The van der Waals surface area contributed by atoms with Crippen LogP contribution in [-0.4, -0.2) is 47.7 Å². The van der Waals surface area contributed by atoms with Gasteiger partial charge in [0.15, 0.2) is 5.82 Å². The summed E-state index contributed by atoms with van der Waals surface area (Å²) in [4.78, 5) is 16.5. The highest BCUT2D eigenvalue weighted by atomic mass is 15.1. The molecule has 0 spiro atoms. The number of hydrogen-bond donors (Lipinski definition) is 2. The molecule has 29 heavy (non-hydrogen) atoms. The van der Waals surface area contributed by atoms with Crippen molar-refractivity contribution in [1.29, 1.82) is 0 Å². The highest BCUT2D eigenvalue weighted by Crippen LogP contribution is 2.28. The van der Waals surface area contributed by atoms with Crippen molar-refractivity contribution in [1.82, 2.24) is 20.3 Å².